The monoisotopic (exact) mass is 325 g/mol. The lowest BCUT2D eigenvalue weighted by Crippen LogP contribution is -2.21. The summed E-state index contributed by atoms with van der Waals surface area (Å²) >= 11 is 3.48. The number of hydrogen-bond donors (Lipinski definition) is 1. The van der Waals surface area contributed by atoms with Crippen molar-refractivity contribution < 1.29 is 9.21 Å². The van der Waals surface area contributed by atoms with Gasteiger partial charge in [0.15, 0.2) is 5.76 Å². The van der Waals surface area contributed by atoms with Crippen molar-refractivity contribution in [3.8, 4) is 0 Å². The number of furan rings is 1. The van der Waals surface area contributed by atoms with Gasteiger partial charge >= 0.3 is 0 Å². The predicted molar refractivity (Wildman–Crippen MR) is 75.2 cm³/mol. The van der Waals surface area contributed by atoms with Gasteiger partial charge in [0.2, 0.25) is 0 Å². The average molecular weight is 326 g/mol. The van der Waals surface area contributed by atoms with Gasteiger partial charge in [-0.1, -0.05) is 0 Å². The van der Waals surface area contributed by atoms with Crippen LogP contribution in [0.15, 0.2) is 21.0 Å². The Morgan fingerprint density at radius 2 is 2.21 bits per heavy atom. The number of aryl methyl sites for hydroxylation is 1. The smallest absolute Gasteiger partial charge is 0.286 e. The van der Waals surface area contributed by atoms with Crippen LogP contribution in [0.1, 0.15) is 34.6 Å². The lowest BCUT2D eigenvalue weighted by Gasteiger charge is -2.02. The topological polar surface area (TPSA) is 60.1 Å². The van der Waals surface area contributed by atoms with Crippen LogP contribution in [0.3, 0.4) is 0 Å². The molecule has 0 aliphatic rings. The molecule has 0 saturated carbocycles. The fraction of sp³-hybridized carbons (Fsp3) is 0.385. The van der Waals surface area contributed by atoms with Crippen LogP contribution in [-0.4, -0.2) is 22.2 Å². The molecule has 0 unspecified atom stereocenters. The van der Waals surface area contributed by atoms with Gasteiger partial charge in [-0.2, -0.15) is 5.10 Å². The van der Waals surface area contributed by atoms with Crippen LogP contribution in [-0.2, 0) is 6.54 Å². The summed E-state index contributed by atoms with van der Waals surface area (Å²) in [6.07, 6.45) is 0. The first kappa shape index (κ1) is 13.9. The molecule has 6 heteroatoms. The van der Waals surface area contributed by atoms with E-state index in [9.17, 15) is 4.79 Å². The normalized spacial score (nSPS) is 10.7. The molecule has 2 rings (SSSR count). The van der Waals surface area contributed by atoms with Crippen molar-refractivity contribution in [2.45, 2.75) is 27.3 Å². The third kappa shape index (κ3) is 2.89. The second-order valence-corrected chi connectivity index (χ2v) is 5.06. The zero-order valence-corrected chi connectivity index (χ0v) is 12.7. The number of carbonyl (C=O) groups excluding carboxylic acids is 1. The van der Waals surface area contributed by atoms with Gasteiger partial charge in [0.1, 0.15) is 5.76 Å². The first-order valence-electron chi connectivity index (χ1n) is 6.09. The van der Waals surface area contributed by atoms with Crippen LogP contribution in [0.4, 0.5) is 0 Å². The molecule has 19 heavy (non-hydrogen) atoms. The molecule has 0 radical (unpaired) electrons. The number of amides is 1. The van der Waals surface area contributed by atoms with E-state index in [1.807, 2.05) is 25.5 Å². The molecule has 0 saturated heterocycles. The highest BCUT2D eigenvalue weighted by Crippen LogP contribution is 2.21. The first-order chi connectivity index (χ1) is 9.02. The van der Waals surface area contributed by atoms with E-state index < -0.39 is 0 Å². The molecular weight excluding hydrogens is 310 g/mol. The number of halogens is 1. The molecule has 0 aliphatic carbocycles. The molecule has 2 aromatic rings. The number of carbonyl (C=O) groups is 1. The van der Waals surface area contributed by atoms with Crippen molar-refractivity contribution >= 4 is 21.8 Å². The highest BCUT2D eigenvalue weighted by molar-refractivity contribution is 9.10. The average Bonchev–Trinajstić information content (AvgIpc) is 2.92. The standard InChI is InChI=1S/C13H16BrN3O2/c1-4-15-13(18)11-6-5-10(19-11)7-17-9(3)12(14)8(2)16-17/h5-6H,4,7H2,1-3H3,(H,15,18). The van der Waals surface area contributed by atoms with E-state index in [2.05, 4.69) is 26.3 Å². The van der Waals surface area contributed by atoms with Crippen molar-refractivity contribution in [1.82, 2.24) is 15.1 Å². The molecule has 2 aromatic heterocycles. The molecule has 102 valence electrons. The minimum Gasteiger partial charge on any atom is -0.454 e. The SMILES string of the molecule is CCNC(=O)c1ccc(Cn2nc(C)c(Br)c2C)o1. The van der Waals surface area contributed by atoms with Crippen LogP contribution < -0.4 is 5.32 Å². The molecule has 1 N–H and O–H groups in total. The highest BCUT2D eigenvalue weighted by Gasteiger charge is 2.13. The van der Waals surface area contributed by atoms with Gasteiger partial charge in [-0.25, -0.2) is 0 Å². The summed E-state index contributed by atoms with van der Waals surface area (Å²) in [5.41, 5.74) is 1.97. The second-order valence-electron chi connectivity index (χ2n) is 4.27. The van der Waals surface area contributed by atoms with E-state index in [-0.39, 0.29) is 5.91 Å². The molecule has 0 fully saturated rings. The number of nitrogens with zero attached hydrogens (tertiary/aromatic N) is 2. The Labute approximate surface area is 120 Å². The zero-order chi connectivity index (χ0) is 14.0. The van der Waals surface area contributed by atoms with Crippen molar-refractivity contribution in [2.24, 2.45) is 0 Å². The Morgan fingerprint density at radius 1 is 1.47 bits per heavy atom. The lowest BCUT2D eigenvalue weighted by molar-refractivity contribution is 0.0926. The van der Waals surface area contributed by atoms with Crippen LogP contribution >= 0.6 is 15.9 Å². The predicted octanol–water partition coefficient (Wildman–Crippen LogP) is 2.65. The maximum absolute atomic E-state index is 11.6. The molecule has 0 spiro atoms. The molecule has 1 amide bonds. The molecule has 0 aliphatic heterocycles. The minimum absolute atomic E-state index is 0.191. The van der Waals surface area contributed by atoms with Gasteiger partial charge < -0.3 is 9.73 Å². The van der Waals surface area contributed by atoms with Crippen LogP contribution in [0.5, 0.6) is 0 Å². The summed E-state index contributed by atoms with van der Waals surface area (Å²) in [5, 5.41) is 7.11. The van der Waals surface area contributed by atoms with E-state index >= 15 is 0 Å². The second kappa shape index (κ2) is 5.61. The van der Waals surface area contributed by atoms with E-state index in [1.54, 1.807) is 12.1 Å². The van der Waals surface area contributed by atoms with Crippen LogP contribution in [0, 0.1) is 13.8 Å². The fourth-order valence-electron chi connectivity index (χ4n) is 1.81. The summed E-state index contributed by atoms with van der Waals surface area (Å²) < 4.78 is 8.37. The van der Waals surface area contributed by atoms with Gasteiger partial charge in [0.05, 0.1) is 22.4 Å². The van der Waals surface area contributed by atoms with Crippen molar-refractivity contribution in [2.75, 3.05) is 6.54 Å². The number of aromatic nitrogens is 2. The van der Waals surface area contributed by atoms with Crippen LogP contribution in [0.2, 0.25) is 0 Å². The fourth-order valence-corrected chi connectivity index (χ4v) is 2.09. The summed E-state index contributed by atoms with van der Waals surface area (Å²) in [6.45, 7) is 6.89. The Morgan fingerprint density at radius 3 is 2.79 bits per heavy atom. The van der Waals surface area contributed by atoms with Gasteiger partial charge in [-0.15, -0.1) is 0 Å². The van der Waals surface area contributed by atoms with Crippen molar-refractivity contribution in [1.29, 1.82) is 0 Å². The maximum atomic E-state index is 11.6. The molecule has 2 heterocycles. The van der Waals surface area contributed by atoms with E-state index in [0.717, 1.165) is 15.9 Å². The number of nitrogens with one attached hydrogen (secondary N) is 1. The lowest BCUT2D eigenvalue weighted by atomic mass is 10.4. The van der Waals surface area contributed by atoms with Gasteiger partial charge in [-0.3, -0.25) is 9.48 Å². The largest absolute Gasteiger partial charge is 0.454 e. The third-order valence-corrected chi connectivity index (χ3v) is 3.97. The van der Waals surface area contributed by atoms with E-state index in [4.69, 9.17) is 4.42 Å². The van der Waals surface area contributed by atoms with Gasteiger partial charge in [0.25, 0.3) is 5.91 Å². The molecule has 0 bridgehead atoms. The number of hydrogen-bond acceptors (Lipinski definition) is 3. The summed E-state index contributed by atoms with van der Waals surface area (Å²) in [7, 11) is 0. The highest BCUT2D eigenvalue weighted by atomic mass is 79.9. The van der Waals surface area contributed by atoms with Crippen molar-refractivity contribution in [3.05, 3.63) is 39.5 Å². The molecule has 0 atom stereocenters. The Bertz CT molecular complexity index is 601. The summed E-state index contributed by atoms with van der Waals surface area (Å²) in [4.78, 5) is 11.6. The number of rotatable bonds is 4. The molecule has 5 nitrogen and oxygen atoms in total. The van der Waals surface area contributed by atoms with E-state index in [1.165, 1.54) is 0 Å². The Hall–Kier alpha value is -1.56. The van der Waals surface area contributed by atoms with Gasteiger partial charge in [0, 0.05) is 6.54 Å². The van der Waals surface area contributed by atoms with Crippen molar-refractivity contribution in [3.63, 3.8) is 0 Å². The summed E-state index contributed by atoms with van der Waals surface area (Å²) in [5.74, 6) is 0.847. The van der Waals surface area contributed by atoms with E-state index in [0.29, 0.717) is 24.6 Å². The third-order valence-electron chi connectivity index (χ3n) is 2.82. The Kier molecular flexibility index (Phi) is 4.09. The quantitative estimate of drug-likeness (QED) is 0.940. The van der Waals surface area contributed by atoms with Gasteiger partial charge in [-0.05, 0) is 48.8 Å². The minimum atomic E-state index is -0.191. The molecule has 0 aromatic carbocycles. The molecular formula is C13H16BrN3O2. The maximum Gasteiger partial charge on any atom is 0.286 e. The first-order valence-corrected chi connectivity index (χ1v) is 6.88. The zero-order valence-electron chi connectivity index (χ0n) is 11.2. The Balaban J connectivity index is 2.16. The van der Waals surface area contributed by atoms with Crippen LogP contribution in [0.25, 0.3) is 0 Å². The summed E-state index contributed by atoms with van der Waals surface area (Å²) in [6, 6.07) is 3.48.